The van der Waals surface area contributed by atoms with E-state index in [1.165, 1.54) is 0 Å². The largest absolute Gasteiger partial charge is 1.00 e. The Morgan fingerprint density at radius 2 is 2.12 bits per heavy atom. The van der Waals surface area contributed by atoms with Gasteiger partial charge in [-0.3, -0.25) is 4.57 Å². The Morgan fingerprint density at radius 3 is 2.75 bits per heavy atom. The van der Waals surface area contributed by atoms with E-state index in [-0.39, 0.29) is 36.0 Å². The van der Waals surface area contributed by atoms with E-state index in [9.17, 15) is 14.6 Å². The van der Waals surface area contributed by atoms with Crippen molar-refractivity contribution in [1.82, 2.24) is 9.55 Å². The number of aromatic nitrogens is 2. The molecule has 1 aromatic heterocycles. The van der Waals surface area contributed by atoms with E-state index >= 15 is 0 Å². The van der Waals surface area contributed by atoms with Crippen LogP contribution in [-0.4, -0.2) is 38.4 Å². The summed E-state index contributed by atoms with van der Waals surface area (Å²) in [5.74, 6) is 0. The van der Waals surface area contributed by atoms with E-state index in [2.05, 4.69) is 9.51 Å². The van der Waals surface area contributed by atoms with Gasteiger partial charge in [0.25, 0.3) is 7.82 Å². The molecule has 2 heterocycles. The molecule has 0 aliphatic carbocycles. The second-order valence-corrected chi connectivity index (χ2v) is 6.88. The molecule has 0 bridgehead atoms. The SMILES string of the molecule is Cc1cc2ncn([C@@H]3C[C@H](OP(=O)([O-])O)[C@@H](CO)O3)c2cc1C.[Na+]. The molecular weight excluding hydrogens is 346 g/mol. The Hall–Kier alpha value is -0.280. The third kappa shape index (κ3) is 4.09. The monoisotopic (exact) mass is 364 g/mol. The van der Waals surface area contributed by atoms with Crippen LogP contribution in [0.1, 0.15) is 23.8 Å². The minimum atomic E-state index is -4.90. The number of aryl methyl sites for hydroxylation is 2. The molecule has 0 spiro atoms. The van der Waals surface area contributed by atoms with Crippen LogP contribution in [0.3, 0.4) is 0 Å². The number of hydrogen-bond donors (Lipinski definition) is 2. The smallest absolute Gasteiger partial charge is 0.756 e. The first kappa shape index (κ1) is 20.0. The number of imidazole rings is 1. The van der Waals surface area contributed by atoms with Crippen molar-refractivity contribution in [3.63, 3.8) is 0 Å². The minimum absolute atomic E-state index is 0. The maximum Gasteiger partial charge on any atom is 1.00 e. The Labute approximate surface area is 161 Å². The first-order chi connectivity index (χ1) is 10.8. The molecule has 0 saturated carbocycles. The first-order valence-corrected chi connectivity index (χ1v) is 8.70. The van der Waals surface area contributed by atoms with E-state index in [4.69, 9.17) is 9.63 Å². The average molecular weight is 364 g/mol. The number of aliphatic hydroxyl groups is 1. The van der Waals surface area contributed by atoms with E-state index < -0.39 is 32.9 Å². The second-order valence-electron chi connectivity index (χ2n) is 5.74. The Kier molecular flexibility index (Phi) is 6.29. The van der Waals surface area contributed by atoms with E-state index in [1.54, 1.807) is 10.9 Å². The van der Waals surface area contributed by atoms with Gasteiger partial charge in [-0.15, -0.1) is 0 Å². The molecule has 8 nitrogen and oxygen atoms in total. The van der Waals surface area contributed by atoms with Crippen LogP contribution in [0.15, 0.2) is 18.5 Å². The maximum absolute atomic E-state index is 10.9. The Balaban J connectivity index is 0.00000208. The van der Waals surface area contributed by atoms with Crippen molar-refractivity contribution >= 4 is 18.9 Å². The van der Waals surface area contributed by atoms with Gasteiger partial charge in [0.05, 0.1) is 30.1 Å². The van der Waals surface area contributed by atoms with Gasteiger partial charge in [0.2, 0.25) is 0 Å². The van der Waals surface area contributed by atoms with Crippen LogP contribution in [0.5, 0.6) is 0 Å². The zero-order valence-electron chi connectivity index (χ0n) is 13.7. The van der Waals surface area contributed by atoms with Gasteiger partial charge in [-0.05, 0) is 37.1 Å². The number of benzene rings is 1. The van der Waals surface area contributed by atoms with Crippen molar-refractivity contribution < 1.29 is 58.3 Å². The summed E-state index contributed by atoms with van der Waals surface area (Å²) >= 11 is 0. The van der Waals surface area contributed by atoms with Crippen molar-refractivity contribution in [3.05, 3.63) is 29.6 Å². The molecule has 10 heteroatoms. The summed E-state index contributed by atoms with van der Waals surface area (Å²) in [6, 6.07) is 3.95. The van der Waals surface area contributed by atoms with Crippen LogP contribution in [0.4, 0.5) is 0 Å². The van der Waals surface area contributed by atoms with Gasteiger partial charge in [0.1, 0.15) is 12.3 Å². The Morgan fingerprint density at radius 1 is 1.46 bits per heavy atom. The molecule has 0 amide bonds. The molecule has 2 aromatic rings. The third-order valence-corrected chi connectivity index (χ3v) is 4.67. The van der Waals surface area contributed by atoms with E-state index in [0.717, 1.165) is 22.2 Å². The first-order valence-electron chi connectivity index (χ1n) is 7.21. The van der Waals surface area contributed by atoms with Gasteiger partial charge in [-0.1, -0.05) is 0 Å². The fraction of sp³-hybridized carbons (Fsp3) is 0.500. The molecule has 1 unspecified atom stereocenters. The van der Waals surface area contributed by atoms with Crippen molar-refractivity contribution in [2.24, 2.45) is 0 Å². The normalized spacial score (nSPS) is 26.3. The molecule has 4 atom stereocenters. The molecule has 2 N–H and O–H groups in total. The quantitative estimate of drug-likeness (QED) is 0.466. The van der Waals surface area contributed by atoms with E-state index in [1.807, 2.05) is 26.0 Å². The molecule has 0 radical (unpaired) electrons. The number of hydrogen-bond acceptors (Lipinski definition) is 6. The molecule has 126 valence electrons. The second kappa shape index (κ2) is 7.53. The summed E-state index contributed by atoms with van der Waals surface area (Å²) < 4.78 is 23.0. The fourth-order valence-corrected chi connectivity index (χ4v) is 3.39. The number of ether oxygens (including phenoxy) is 1. The number of phosphoric ester groups is 1. The molecular formula is C14H18N2NaO6P. The van der Waals surface area contributed by atoms with Gasteiger partial charge in [0, 0.05) is 6.42 Å². The van der Waals surface area contributed by atoms with Crippen molar-refractivity contribution in [1.29, 1.82) is 0 Å². The number of rotatable bonds is 4. The predicted octanol–water partition coefficient (Wildman–Crippen LogP) is -2.22. The van der Waals surface area contributed by atoms with Crippen molar-refractivity contribution in [2.75, 3.05) is 6.61 Å². The van der Waals surface area contributed by atoms with Crippen LogP contribution in [0, 0.1) is 13.8 Å². The van der Waals surface area contributed by atoms with Crippen LogP contribution in [-0.2, 0) is 13.8 Å². The van der Waals surface area contributed by atoms with Crippen LogP contribution in [0.2, 0.25) is 0 Å². The summed E-state index contributed by atoms with van der Waals surface area (Å²) in [4.78, 5) is 24.1. The molecule has 1 aromatic carbocycles. The number of phosphoric acid groups is 1. The molecule has 3 rings (SSSR count). The summed E-state index contributed by atoms with van der Waals surface area (Å²) in [5, 5.41) is 9.34. The summed E-state index contributed by atoms with van der Waals surface area (Å²) in [5.41, 5.74) is 3.88. The van der Waals surface area contributed by atoms with Gasteiger partial charge in [0.15, 0.2) is 0 Å². The van der Waals surface area contributed by atoms with Gasteiger partial charge in [-0.2, -0.15) is 0 Å². The fourth-order valence-electron chi connectivity index (χ4n) is 2.83. The third-order valence-electron chi connectivity index (χ3n) is 4.13. The average Bonchev–Trinajstić information content (AvgIpc) is 3.01. The van der Waals surface area contributed by atoms with Crippen molar-refractivity contribution in [3.8, 4) is 0 Å². The topological polar surface area (TPSA) is 117 Å². The summed E-state index contributed by atoms with van der Waals surface area (Å²) in [6.07, 6.45) is -0.520. The van der Waals surface area contributed by atoms with E-state index in [0.29, 0.717) is 0 Å². The Bertz CT molecular complexity index is 776. The van der Waals surface area contributed by atoms with Gasteiger partial charge in [-0.25, -0.2) is 4.98 Å². The number of aliphatic hydroxyl groups excluding tert-OH is 1. The zero-order valence-corrected chi connectivity index (χ0v) is 16.6. The molecule has 1 aliphatic heterocycles. The minimum Gasteiger partial charge on any atom is -0.756 e. The molecule has 24 heavy (non-hydrogen) atoms. The molecule has 1 fully saturated rings. The van der Waals surface area contributed by atoms with Crippen LogP contribution in [0.25, 0.3) is 11.0 Å². The summed E-state index contributed by atoms with van der Waals surface area (Å²) in [6.45, 7) is 3.58. The van der Waals surface area contributed by atoms with Crippen molar-refractivity contribution in [2.45, 2.75) is 38.7 Å². The molecule has 1 saturated heterocycles. The predicted molar refractivity (Wildman–Crippen MR) is 79.5 cm³/mol. The standard InChI is InChI=1S/C14H19N2O6P.Na/c1-8-3-10-11(4-9(8)2)16(7-15-10)14-5-12(13(6-17)21-14)22-23(18,19)20;/h3-4,7,12-14,17H,5-6H2,1-2H3,(H2,18,19,20);/q;+1/p-1/t12-,13+,14-;/m0./s1. The molecule has 1 aliphatic rings. The maximum atomic E-state index is 10.9. The number of nitrogens with zero attached hydrogens (tertiary/aromatic N) is 2. The van der Waals surface area contributed by atoms with Crippen LogP contribution >= 0.6 is 7.82 Å². The van der Waals surface area contributed by atoms with Gasteiger partial charge >= 0.3 is 29.6 Å². The zero-order chi connectivity index (χ0) is 16.8. The van der Waals surface area contributed by atoms with Crippen LogP contribution < -0.4 is 34.5 Å². The van der Waals surface area contributed by atoms with Gasteiger partial charge < -0.3 is 28.7 Å². The number of fused-ring (bicyclic) bond motifs is 1. The summed E-state index contributed by atoms with van der Waals surface area (Å²) in [7, 11) is -4.90.